The first kappa shape index (κ1) is 30.1. The van der Waals surface area contributed by atoms with E-state index < -0.39 is 41.7 Å². The van der Waals surface area contributed by atoms with E-state index in [-0.39, 0.29) is 19.4 Å². The zero-order valence-corrected chi connectivity index (χ0v) is 22.1. The summed E-state index contributed by atoms with van der Waals surface area (Å²) in [6.45, 7) is 5.61. The van der Waals surface area contributed by atoms with Gasteiger partial charge in [-0.2, -0.15) is 0 Å². The number of rotatable bonds is 13. The van der Waals surface area contributed by atoms with Crippen LogP contribution in [0.1, 0.15) is 51.2 Å². The molecule has 0 aliphatic heterocycles. The summed E-state index contributed by atoms with van der Waals surface area (Å²) in [5.41, 5.74) is 0.969. The van der Waals surface area contributed by atoms with Gasteiger partial charge in [0.2, 0.25) is 5.91 Å². The number of carboxylic acids is 1. The molecule has 0 saturated carbocycles. The van der Waals surface area contributed by atoms with Gasteiger partial charge in [0.15, 0.2) is 0 Å². The fourth-order valence-electron chi connectivity index (χ4n) is 3.47. The standard InChI is InChI=1S/C28H37N3O7/c1-28(2,3)38-26(35)29-17-11-10-16-22(25(33)34)30-24(32)23(18-20-12-6-4-7-13-20)31-27(36)37-19-21-14-8-5-9-15-21/h4-9,12-15,22-23H,10-11,16-19H2,1-3H3,(H,29,35)(H,30,32)(H,31,36)(H,33,34)/t22-,23-/m1/s1. The summed E-state index contributed by atoms with van der Waals surface area (Å²) >= 11 is 0. The molecule has 206 valence electrons. The van der Waals surface area contributed by atoms with Gasteiger partial charge >= 0.3 is 18.2 Å². The molecule has 10 nitrogen and oxygen atoms in total. The number of ether oxygens (including phenoxy) is 2. The van der Waals surface area contributed by atoms with Crippen molar-refractivity contribution < 1.29 is 33.8 Å². The van der Waals surface area contributed by atoms with Crippen LogP contribution in [0, 0.1) is 0 Å². The molecule has 2 aromatic carbocycles. The minimum Gasteiger partial charge on any atom is -0.480 e. The van der Waals surface area contributed by atoms with Crippen molar-refractivity contribution in [2.75, 3.05) is 6.54 Å². The molecule has 0 saturated heterocycles. The maximum Gasteiger partial charge on any atom is 0.408 e. The number of aliphatic carboxylic acids is 1. The van der Waals surface area contributed by atoms with Crippen molar-refractivity contribution in [3.63, 3.8) is 0 Å². The lowest BCUT2D eigenvalue weighted by Crippen LogP contribution is -2.52. The van der Waals surface area contributed by atoms with Crippen LogP contribution in [0.2, 0.25) is 0 Å². The topological polar surface area (TPSA) is 143 Å². The monoisotopic (exact) mass is 527 g/mol. The number of benzene rings is 2. The first-order valence-corrected chi connectivity index (χ1v) is 12.5. The summed E-state index contributed by atoms with van der Waals surface area (Å²) in [7, 11) is 0. The van der Waals surface area contributed by atoms with Crippen LogP contribution in [-0.4, -0.2) is 53.4 Å². The molecular weight excluding hydrogens is 490 g/mol. The highest BCUT2D eigenvalue weighted by atomic mass is 16.6. The van der Waals surface area contributed by atoms with Crippen molar-refractivity contribution >= 4 is 24.1 Å². The van der Waals surface area contributed by atoms with Crippen LogP contribution in [0.15, 0.2) is 60.7 Å². The highest BCUT2D eigenvalue weighted by molar-refractivity contribution is 5.89. The number of nitrogens with one attached hydrogen (secondary N) is 3. The highest BCUT2D eigenvalue weighted by Gasteiger charge is 2.27. The Morgan fingerprint density at radius 1 is 0.816 bits per heavy atom. The van der Waals surface area contributed by atoms with Gasteiger partial charge in [0.1, 0.15) is 24.3 Å². The molecule has 0 aromatic heterocycles. The number of amides is 3. The average Bonchev–Trinajstić information content (AvgIpc) is 2.86. The molecule has 2 atom stereocenters. The van der Waals surface area contributed by atoms with E-state index in [4.69, 9.17) is 9.47 Å². The SMILES string of the molecule is CC(C)(C)OC(=O)NCCCC[C@@H](NC(=O)[C@@H](Cc1ccccc1)NC(=O)OCc1ccccc1)C(=O)O. The number of carbonyl (C=O) groups excluding carboxylic acids is 3. The molecule has 0 fully saturated rings. The van der Waals surface area contributed by atoms with Crippen LogP contribution in [0.4, 0.5) is 9.59 Å². The highest BCUT2D eigenvalue weighted by Crippen LogP contribution is 2.09. The number of hydrogen-bond donors (Lipinski definition) is 4. The lowest BCUT2D eigenvalue weighted by molar-refractivity contribution is -0.142. The molecule has 4 N–H and O–H groups in total. The Morgan fingerprint density at radius 3 is 2.00 bits per heavy atom. The van der Waals surface area contributed by atoms with Crippen LogP contribution in [0.3, 0.4) is 0 Å². The summed E-state index contributed by atoms with van der Waals surface area (Å²) < 4.78 is 10.4. The molecule has 2 rings (SSSR count). The van der Waals surface area contributed by atoms with Crippen LogP contribution in [-0.2, 0) is 32.1 Å². The van der Waals surface area contributed by atoms with Crippen molar-refractivity contribution in [3.8, 4) is 0 Å². The smallest absolute Gasteiger partial charge is 0.408 e. The van der Waals surface area contributed by atoms with E-state index in [0.717, 1.165) is 11.1 Å². The molecule has 0 heterocycles. The second kappa shape index (κ2) is 15.2. The van der Waals surface area contributed by atoms with Gasteiger partial charge in [-0.25, -0.2) is 14.4 Å². The third-order valence-corrected chi connectivity index (χ3v) is 5.31. The first-order valence-electron chi connectivity index (χ1n) is 12.5. The Balaban J connectivity index is 1.92. The van der Waals surface area contributed by atoms with Gasteiger partial charge in [0.05, 0.1) is 0 Å². The molecular formula is C28H37N3O7. The lowest BCUT2D eigenvalue weighted by Gasteiger charge is -2.22. The predicted molar refractivity (Wildman–Crippen MR) is 141 cm³/mol. The van der Waals surface area contributed by atoms with Crippen LogP contribution in [0.5, 0.6) is 0 Å². The van der Waals surface area contributed by atoms with E-state index >= 15 is 0 Å². The normalized spacial score (nSPS) is 12.5. The van der Waals surface area contributed by atoms with Gasteiger partial charge in [-0.1, -0.05) is 60.7 Å². The Labute approximate surface area is 223 Å². The van der Waals surface area contributed by atoms with E-state index in [9.17, 15) is 24.3 Å². The number of carboxylic acid groups (broad SMARTS) is 1. The number of unbranched alkanes of at least 4 members (excludes halogenated alkanes) is 1. The molecule has 38 heavy (non-hydrogen) atoms. The summed E-state index contributed by atoms with van der Waals surface area (Å²) in [5, 5.41) is 17.3. The number of alkyl carbamates (subject to hydrolysis) is 2. The molecule has 10 heteroatoms. The first-order chi connectivity index (χ1) is 18.0. The van der Waals surface area contributed by atoms with Crippen molar-refractivity contribution in [3.05, 3.63) is 71.8 Å². The second-order valence-electron chi connectivity index (χ2n) is 9.77. The Hall–Kier alpha value is -4.08. The summed E-state index contributed by atoms with van der Waals surface area (Å²) in [6.07, 6.45) is -0.105. The minimum atomic E-state index is -1.19. The Kier molecular flexibility index (Phi) is 12.1. The van der Waals surface area contributed by atoms with Gasteiger partial charge in [-0.05, 0) is 51.2 Å². The van der Waals surface area contributed by atoms with E-state index in [1.165, 1.54) is 0 Å². The summed E-state index contributed by atoms with van der Waals surface area (Å²) in [6, 6.07) is 16.0. The zero-order chi connectivity index (χ0) is 28.0. The lowest BCUT2D eigenvalue weighted by atomic mass is 10.0. The van der Waals surface area contributed by atoms with Gasteiger partial charge < -0.3 is 30.5 Å². The molecule has 0 radical (unpaired) electrons. The number of carbonyl (C=O) groups is 4. The van der Waals surface area contributed by atoms with E-state index in [1.54, 1.807) is 20.8 Å². The van der Waals surface area contributed by atoms with Crippen molar-refractivity contribution in [2.24, 2.45) is 0 Å². The zero-order valence-electron chi connectivity index (χ0n) is 22.1. The van der Waals surface area contributed by atoms with E-state index in [1.807, 2.05) is 60.7 Å². The fourth-order valence-corrected chi connectivity index (χ4v) is 3.47. The fraction of sp³-hybridized carbons (Fsp3) is 0.429. The third-order valence-electron chi connectivity index (χ3n) is 5.31. The van der Waals surface area contributed by atoms with Crippen molar-refractivity contribution in [2.45, 2.75) is 70.7 Å². The summed E-state index contributed by atoms with van der Waals surface area (Å²) in [4.78, 5) is 49.0. The van der Waals surface area contributed by atoms with E-state index in [0.29, 0.717) is 19.4 Å². The quantitative estimate of drug-likeness (QED) is 0.290. The van der Waals surface area contributed by atoms with Gasteiger partial charge in [0.25, 0.3) is 0 Å². The van der Waals surface area contributed by atoms with Crippen LogP contribution < -0.4 is 16.0 Å². The second-order valence-corrected chi connectivity index (χ2v) is 9.77. The van der Waals surface area contributed by atoms with Crippen LogP contribution >= 0.6 is 0 Å². The van der Waals surface area contributed by atoms with Crippen molar-refractivity contribution in [1.29, 1.82) is 0 Å². The molecule has 0 spiro atoms. The largest absolute Gasteiger partial charge is 0.480 e. The number of hydrogen-bond acceptors (Lipinski definition) is 6. The Bertz CT molecular complexity index is 1040. The van der Waals surface area contributed by atoms with E-state index in [2.05, 4.69) is 16.0 Å². The molecule has 0 bridgehead atoms. The van der Waals surface area contributed by atoms with Crippen molar-refractivity contribution in [1.82, 2.24) is 16.0 Å². The predicted octanol–water partition coefficient (Wildman–Crippen LogP) is 3.79. The van der Waals surface area contributed by atoms with Gasteiger partial charge in [-0.3, -0.25) is 4.79 Å². The maximum atomic E-state index is 13.1. The molecule has 0 aliphatic rings. The molecule has 0 aliphatic carbocycles. The average molecular weight is 528 g/mol. The Morgan fingerprint density at radius 2 is 1.42 bits per heavy atom. The molecule has 3 amide bonds. The minimum absolute atomic E-state index is 0.0292. The maximum absolute atomic E-state index is 13.1. The van der Waals surface area contributed by atoms with Gasteiger partial charge in [-0.15, -0.1) is 0 Å². The molecule has 2 aromatic rings. The van der Waals surface area contributed by atoms with Crippen LogP contribution in [0.25, 0.3) is 0 Å². The third kappa shape index (κ3) is 12.2. The van der Waals surface area contributed by atoms with Gasteiger partial charge in [0, 0.05) is 13.0 Å². The summed E-state index contributed by atoms with van der Waals surface area (Å²) in [5.74, 6) is -1.83. The molecule has 0 unspecified atom stereocenters.